The van der Waals surface area contributed by atoms with Crippen LogP contribution in [0.5, 0.6) is 0 Å². The van der Waals surface area contributed by atoms with Gasteiger partial charge in [0.05, 0.1) is 0 Å². The van der Waals surface area contributed by atoms with Gasteiger partial charge in [-0.25, -0.2) is 13.1 Å². The largest absolute Gasteiger partial charge is 0.396 e. The van der Waals surface area contributed by atoms with E-state index in [2.05, 4.69) is 25.6 Å². The minimum absolute atomic E-state index is 0.0742. The number of hydrogen-bond acceptors (Lipinski definition) is 4. The van der Waals surface area contributed by atoms with E-state index in [9.17, 15) is 8.42 Å². The molecule has 19 heavy (non-hydrogen) atoms. The zero-order chi connectivity index (χ0) is 14.3. The zero-order valence-electron chi connectivity index (χ0n) is 10.8. The summed E-state index contributed by atoms with van der Waals surface area (Å²) in [6, 6.07) is 1.51. The van der Waals surface area contributed by atoms with Gasteiger partial charge in [-0.05, 0) is 40.8 Å². The Morgan fingerprint density at radius 1 is 1.42 bits per heavy atom. The fraction of sp³-hybridized carbons (Fsp3) is 0.583. The second kappa shape index (κ2) is 7.94. The van der Waals surface area contributed by atoms with Crippen molar-refractivity contribution < 1.29 is 13.5 Å². The molecule has 1 aromatic rings. The summed E-state index contributed by atoms with van der Waals surface area (Å²) in [5.41, 5.74) is 0. The maximum atomic E-state index is 12.1. The molecule has 0 radical (unpaired) electrons. The Labute approximate surface area is 122 Å². The first-order chi connectivity index (χ1) is 8.99. The summed E-state index contributed by atoms with van der Waals surface area (Å²) in [7, 11) is -3.54. The van der Waals surface area contributed by atoms with Crippen molar-refractivity contribution in [3.05, 3.63) is 22.9 Å². The Kier molecular flexibility index (Phi) is 6.92. The molecular formula is C12H19BrN2O3S. The van der Waals surface area contributed by atoms with Crippen molar-refractivity contribution in [2.24, 2.45) is 5.92 Å². The van der Waals surface area contributed by atoms with Crippen LogP contribution >= 0.6 is 15.9 Å². The van der Waals surface area contributed by atoms with Gasteiger partial charge in [-0.3, -0.25) is 4.98 Å². The highest BCUT2D eigenvalue weighted by Crippen LogP contribution is 2.15. The third-order valence-electron chi connectivity index (χ3n) is 2.79. The van der Waals surface area contributed by atoms with Gasteiger partial charge in [0.25, 0.3) is 0 Å². The highest BCUT2D eigenvalue weighted by atomic mass is 79.9. The van der Waals surface area contributed by atoms with E-state index in [0.29, 0.717) is 17.4 Å². The highest BCUT2D eigenvalue weighted by Gasteiger charge is 2.17. The maximum Gasteiger partial charge on any atom is 0.242 e. The molecule has 1 rings (SSSR count). The fourth-order valence-corrected chi connectivity index (χ4v) is 3.41. The minimum atomic E-state index is -3.54. The van der Waals surface area contributed by atoms with Crippen molar-refractivity contribution in [1.82, 2.24) is 9.71 Å². The molecule has 0 fully saturated rings. The van der Waals surface area contributed by atoms with Crippen molar-refractivity contribution in [1.29, 1.82) is 0 Å². The summed E-state index contributed by atoms with van der Waals surface area (Å²) in [6.07, 6.45) is 5.30. The Bertz CT molecular complexity index is 488. The van der Waals surface area contributed by atoms with Crippen molar-refractivity contribution in [3.8, 4) is 0 Å². The van der Waals surface area contributed by atoms with Crippen LogP contribution in [0.1, 0.15) is 26.2 Å². The van der Waals surface area contributed by atoms with E-state index in [0.717, 1.165) is 12.8 Å². The number of hydrogen-bond donors (Lipinski definition) is 2. The van der Waals surface area contributed by atoms with Gasteiger partial charge < -0.3 is 5.11 Å². The van der Waals surface area contributed by atoms with Gasteiger partial charge in [0.2, 0.25) is 10.0 Å². The van der Waals surface area contributed by atoms with E-state index in [1.165, 1.54) is 18.5 Å². The molecule has 0 amide bonds. The number of nitrogens with one attached hydrogen (secondary N) is 1. The average molecular weight is 351 g/mol. The lowest BCUT2D eigenvalue weighted by molar-refractivity contribution is 0.251. The molecule has 1 unspecified atom stereocenters. The summed E-state index contributed by atoms with van der Waals surface area (Å²) in [6.45, 7) is 2.45. The molecule has 1 aromatic heterocycles. The van der Waals surface area contributed by atoms with Crippen LogP contribution in [0.25, 0.3) is 0 Å². The van der Waals surface area contributed by atoms with Crippen LogP contribution in [0, 0.1) is 5.92 Å². The summed E-state index contributed by atoms with van der Waals surface area (Å²) >= 11 is 3.20. The Morgan fingerprint density at radius 2 is 2.16 bits per heavy atom. The molecule has 1 heterocycles. The number of pyridine rings is 1. The Hall–Kier alpha value is -0.500. The Morgan fingerprint density at radius 3 is 2.74 bits per heavy atom. The van der Waals surface area contributed by atoms with E-state index in [1.807, 2.05) is 6.92 Å². The monoisotopic (exact) mass is 350 g/mol. The van der Waals surface area contributed by atoms with Crippen LogP contribution in [-0.4, -0.2) is 31.7 Å². The van der Waals surface area contributed by atoms with E-state index in [4.69, 9.17) is 5.11 Å². The van der Waals surface area contributed by atoms with Crippen LogP contribution in [-0.2, 0) is 10.0 Å². The van der Waals surface area contributed by atoms with Crippen molar-refractivity contribution in [2.45, 2.75) is 31.1 Å². The van der Waals surface area contributed by atoms with Gasteiger partial charge in [-0.2, -0.15) is 0 Å². The number of rotatable bonds is 8. The van der Waals surface area contributed by atoms with E-state index in [1.54, 1.807) is 0 Å². The summed E-state index contributed by atoms with van der Waals surface area (Å²) in [4.78, 5) is 3.98. The molecule has 5 nitrogen and oxygen atoms in total. The normalized spacial score (nSPS) is 13.4. The van der Waals surface area contributed by atoms with Crippen LogP contribution in [0.3, 0.4) is 0 Å². The van der Waals surface area contributed by atoms with Crippen LogP contribution in [0.15, 0.2) is 27.8 Å². The first-order valence-corrected chi connectivity index (χ1v) is 8.48. The molecular weight excluding hydrogens is 332 g/mol. The van der Waals surface area contributed by atoms with Crippen LogP contribution in [0.2, 0.25) is 0 Å². The van der Waals surface area contributed by atoms with Gasteiger partial charge in [0.15, 0.2) is 0 Å². The summed E-state index contributed by atoms with van der Waals surface area (Å²) < 4.78 is 27.3. The Balaban J connectivity index is 2.69. The second-order valence-electron chi connectivity index (χ2n) is 4.36. The molecule has 1 atom stereocenters. The molecule has 0 saturated carbocycles. The van der Waals surface area contributed by atoms with Crippen molar-refractivity contribution in [3.63, 3.8) is 0 Å². The predicted octanol–water partition coefficient (Wildman–Crippen LogP) is 1.92. The fourth-order valence-electron chi connectivity index (χ4n) is 1.79. The van der Waals surface area contributed by atoms with Crippen LogP contribution in [0.4, 0.5) is 0 Å². The minimum Gasteiger partial charge on any atom is -0.396 e. The molecule has 0 bridgehead atoms. The molecule has 0 aliphatic carbocycles. The number of halogens is 1. The van der Waals surface area contributed by atoms with Crippen molar-refractivity contribution >= 4 is 26.0 Å². The zero-order valence-corrected chi connectivity index (χ0v) is 13.2. The van der Waals surface area contributed by atoms with E-state index < -0.39 is 10.0 Å². The van der Waals surface area contributed by atoms with Crippen LogP contribution < -0.4 is 4.72 Å². The first-order valence-electron chi connectivity index (χ1n) is 6.20. The first kappa shape index (κ1) is 16.6. The molecule has 7 heteroatoms. The quantitative estimate of drug-likeness (QED) is 0.750. The number of aliphatic hydroxyl groups excluding tert-OH is 1. The summed E-state index contributed by atoms with van der Waals surface area (Å²) in [5, 5.41) is 8.95. The molecule has 108 valence electrons. The standard InChI is InChI=1S/C12H19BrN2O3S/c1-2-3-10(4-5-16)7-15-19(17,18)12-6-11(13)8-14-9-12/h6,8-10,15-16H,2-5,7H2,1H3. The van der Waals surface area contributed by atoms with Gasteiger partial charge in [-0.1, -0.05) is 13.3 Å². The molecule has 0 aromatic carbocycles. The smallest absolute Gasteiger partial charge is 0.242 e. The maximum absolute atomic E-state index is 12.1. The van der Waals surface area contributed by atoms with E-state index in [-0.39, 0.29) is 17.4 Å². The SMILES string of the molecule is CCCC(CCO)CNS(=O)(=O)c1cncc(Br)c1. The third kappa shape index (κ3) is 5.56. The average Bonchev–Trinajstić information content (AvgIpc) is 2.37. The van der Waals surface area contributed by atoms with E-state index >= 15 is 0 Å². The van der Waals surface area contributed by atoms with Crippen molar-refractivity contribution in [2.75, 3.05) is 13.2 Å². The summed E-state index contributed by atoms with van der Waals surface area (Å²) in [5.74, 6) is 0.157. The topological polar surface area (TPSA) is 79.3 Å². The number of aromatic nitrogens is 1. The molecule has 0 saturated heterocycles. The highest BCUT2D eigenvalue weighted by molar-refractivity contribution is 9.10. The van der Waals surface area contributed by atoms with Gasteiger partial charge >= 0.3 is 0 Å². The number of nitrogens with zero attached hydrogens (tertiary/aromatic N) is 1. The lowest BCUT2D eigenvalue weighted by atomic mass is 10.0. The number of sulfonamides is 1. The predicted molar refractivity (Wildman–Crippen MR) is 77.2 cm³/mol. The van der Waals surface area contributed by atoms with Gasteiger partial charge in [-0.15, -0.1) is 0 Å². The second-order valence-corrected chi connectivity index (χ2v) is 7.04. The van der Waals surface area contributed by atoms with Gasteiger partial charge in [0, 0.05) is 30.0 Å². The number of aliphatic hydroxyl groups is 1. The third-order valence-corrected chi connectivity index (χ3v) is 4.61. The molecule has 0 aliphatic heterocycles. The molecule has 0 aliphatic rings. The molecule has 2 N–H and O–H groups in total. The lowest BCUT2D eigenvalue weighted by Gasteiger charge is -2.15. The lowest BCUT2D eigenvalue weighted by Crippen LogP contribution is -2.30. The van der Waals surface area contributed by atoms with Gasteiger partial charge in [0.1, 0.15) is 4.90 Å². The molecule has 0 spiro atoms.